The molecule has 0 aliphatic carbocycles. The molecule has 1 N–H and O–H groups in total. The number of halogens is 1. The van der Waals surface area contributed by atoms with Gasteiger partial charge < -0.3 is 10.2 Å². The van der Waals surface area contributed by atoms with Crippen LogP contribution in [0.25, 0.3) is 0 Å². The lowest BCUT2D eigenvalue weighted by atomic mass is 10.1. The minimum Gasteiger partial charge on any atom is -0.351 e. The van der Waals surface area contributed by atoms with E-state index in [0.717, 1.165) is 42.6 Å². The molecule has 0 saturated carbocycles. The zero-order valence-electron chi connectivity index (χ0n) is 14.2. The maximum Gasteiger partial charge on any atom is 0.243 e. The first kappa shape index (κ1) is 18.7. The molecule has 1 aliphatic rings. The van der Waals surface area contributed by atoms with Crippen molar-refractivity contribution in [1.29, 1.82) is 0 Å². The van der Waals surface area contributed by atoms with Crippen molar-refractivity contribution < 1.29 is 17.6 Å². The summed E-state index contributed by atoms with van der Waals surface area (Å²) in [7, 11) is -1.71. The fourth-order valence-corrected chi connectivity index (χ4v) is 4.06. The Hall–Kier alpha value is -1.67. The third-order valence-corrected chi connectivity index (χ3v) is 5.46. The van der Waals surface area contributed by atoms with Crippen LogP contribution in [0.2, 0.25) is 0 Å². The van der Waals surface area contributed by atoms with Crippen molar-refractivity contribution in [3.8, 4) is 0 Å². The van der Waals surface area contributed by atoms with Gasteiger partial charge in [-0.15, -0.1) is 0 Å². The van der Waals surface area contributed by atoms with Crippen molar-refractivity contribution in [2.24, 2.45) is 0 Å². The number of carbonyl (C=O) groups excluding carboxylic acids is 1. The lowest BCUT2D eigenvalue weighted by molar-refractivity contribution is -0.122. The van der Waals surface area contributed by atoms with Crippen LogP contribution >= 0.6 is 0 Å². The van der Waals surface area contributed by atoms with Gasteiger partial charge in [-0.25, -0.2) is 12.8 Å². The molecule has 24 heavy (non-hydrogen) atoms. The second-order valence-electron chi connectivity index (χ2n) is 6.30. The molecule has 1 fully saturated rings. The Morgan fingerprint density at radius 3 is 2.54 bits per heavy atom. The van der Waals surface area contributed by atoms with Crippen LogP contribution < -0.4 is 9.62 Å². The number of hydrogen-bond donors (Lipinski definition) is 1. The Labute approximate surface area is 142 Å². The van der Waals surface area contributed by atoms with Gasteiger partial charge in [0.05, 0.1) is 11.9 Å². The van der Waals surface area contributed by atoms with Gasteiger partial charge in [0.2, 0.25) is 15.9 Å². The SMILES string of the molecule is C[C@H](C(=O)NC1CCN(C)CC1)N(c1cccc(F)c1)S(C)(=O)=O. The molecular formula is C16H24FN3O3S. The Balaban J connectivity index is 2.16. The molecule has 8 heteroatoms. The van der Waals surface area contributed by atoms with Gasteiger partial charge in [0, 0.05) is 6.04 Å². The van der Waals surface area contributed by atoms with Crippen molar-refractivity contribution in [3.63, 3.8) is 0 Å². The topological polar surface area (TPSA) is 69.7 Å². The van der Waals surface area contributed by atoms with Crippen LogP contribution in [0.5, 0.6) is 0 Å². The van der Waals surface area contributed by atoms with Crippen LogP contribution in [0.3, 0.4) is 0 Å². The maximum absolute atomic E-state index is 13.5. The Kier molecular flexibility index (Phi) is 5.82. The number of likely N-dealkylation sites (tertiary alicyclic amines) is 1. The molecule has 0 unspecified atom stereocenters. The summed E-state index contributed by atoms with van der Waals surface area (Å²) >= 11 is 0. The number of sulfonamides is 1. The maximum atomic E-state index is 13.5. The van der Waals surface area contributed by atoms with Crippen molar-refractivity contribution in [1.82, 2.24) is 10.2 Å². The molecule has 1 aliphatic heterocycles. The summed E-state index contributed by atoms with van der Waals surface area (Å²) in [6, 6.07) is 4.31. The van der Waals surface area contributed by atoms with Gasteiger partial charge in [-0.05, 0) is 58.1 Å². The van der Waals surface area contributed by atoms with E-state index >= 15 is 0 Å². The van der Waals surface area contributed by atoms with E-state index in [-0.39, 0.29) is 17.6 Å². The molecule has 1 amide bonds. The van der Waals surface area contributed by atoms with Crippen molar-refractivity contribution >= 4 is 21.6 Å². The van der Waals surface area contributed by atoms with Gasteiger partial charge in [-0.1, -0.05) is 6.07 Å². The second kappa shape index (κ2) is 7.48. The number of amides is 1. The normalized spacial score (nSPS) is 18.2. The highest BCUT2D eigenvalue weighted by atomic mass is 32.2. The summed E-state index contributed by atoms with van der Waals surface area (Å²) in [4.78, 5) is 14.7. The van der Waals surface area contributed by atoms with Gasteiger partial charge in [0.15, 0.2) is 0 Å². The highest BCUT2D eigenvalue weighted by molar-refractivity contribution is 7.92. The largest absolute Gasteiger partial charge is 0.351 e. The number of anilines is 1. The zero-order chi connectivity index (χ0) is 17.9. The summed E-state index contributed by atoms with van der Waals surface area (Å²) in [5.74, 6) is -0.927. The van der Waals surface area contributed by atoms with Crippen LogP contribution in [-0.4, -0.2) is 57.7 Å². The minimum absolute atomic E-state index is 0.0325. The molecular weight excluding hydrogens is 333 g/mol. The second-order valence-corrected chi connectivity index (χ2v) is 8.16. The lowest BCUT2D eigenvalue weighted by Crippen LogP contribution is -2.52. The molecule has 0 spiro atoms. The van der Waals surface area contributed by atoms with Crippen molar-refractivity contribution in [3.05, 3.63) is 30.1 Å². The molecule has 0 aromatic heterocycles. The van der Waals surface area contributed by atoms with Gasteiger partial charge in [0.25, 0.3) is 0 Å². The van der Waals surface area contributed by atoms with Gasteiger partial charge in [-0.2, -0.15) is 0 Å². The Morgan fingerprint density at radius 1 is 1.38 bits per heavy atom. The number of nitrogens with zero attached hydrogens (tertiary/aromatic N) is 2. The number of nitrogens with one attached hydrogen (secondary N) is 1. The van der Waals surface area contributed by atoms with E-state index in [4.69, 9.17) is 0 Å². The monoisotopic (exact) mass is 357 g/mol. The van der Waals surface area contributed by atoms with Crippen molar-refractivity contribution in [2.75, 3.05) is 30.7 Å². The number of hydrogen-bond acceptors (Lipinski definition) is 4. The van der Waals surface area contributed by atoms with Crippen LogP contribution in [0.4, 0.5) is 10.1 Å². The quantitative estimate of drug-likeness (QED) is 0.859. The number of piperidine rings is 1. The summed E-state index contributed by atoms with van der Waals surface area (Å²) in [5, 5.41) is 2.91. The lowest BCUT2D eigenvalue weighted by Gasteiger charge is -2.32. The van der Waals surface area contributed by atoms with Crippen molar-refractivity contribution in [2.45, 2.75) is 31.8 Å². The highest BCUT2D eigenvalue weighted by Gasteiger charge is 2.31. The van der Waals surface area contributed by atoms with E-state index in [1.165, 1.54) is 25.1 Å². The van der Waals surface area contributed by atoms with E-state index in [2.05, 4.69) is 10.2 Å². The zero-order valence-corrected chi connectivity index (χ0v) is 15.0. The smallest absolute Gasteiger partial charge is 0.243 e. The molecule has 2 rings (SSSR count). The van der Waals surface area contributed by atoms with E-state index in [1.807, 2.05) is 7.05 Å². The number of rotatable bonds is 5. The third-order valence-electron chi connectivity index (χ3n) is 4.22. The molecule has 134 valence electrons. The summed E-state index contributed by atoms with van der Waals surface area (Å²) in [5.41, 5.74) is 0.142. The summed E-state index contributed by atoms with van der Waals surface area (Å²) < 4.78 is 38.7. The van der Waals surface area contributed by atoms with Crippen LogP contribution in [0, 0.1) is 5.82 Å². The van der Waals surface area contributed by atoms with Crippen LogP contribution in [0.15, 0.2) is 24.3 Å². The molecule has 1 saturated heterocycles. The molecule has 1 heterocycles. The Bertz CT molecular complexity index is 688. The van der Waals surface area contributed by atoms with E-state index < -0.39 is 21.9 Å². The molecule has 0 radical (unpaired) electrons. The van der Waals surface area contributed by atoms with Crippen LogP contribution in [-0.2, 0) is 14.8 Å². The molecule has 0 bridgehead atoms. The predicted octanol–water partition coefficient (Wildman–Crippen LogP) is 1.19. The Morgan fingerprint density at radius 2 is 2.00 bits per heavy atom. The predicted molar refractivity (Wildman–Crippen MR) is 91.8 cm³/mol. The first-order valence-corrected chi connectivity index (χ1v) is 9.77. The highest BCUT2D eigenvalue weighted by Crippen LogP contribution is 2.22. The van der Waals surface area contributed by atoms with E-state index in [9.17, 15) is 17.6 Å². The molecule has 1 atom stereocenters. The van der Waals surface area contributed by atoms with E-state index in [0.29, 0.717) is 0 Å². The van der Waals surface area contributed by atoms with Gasteiger partial charge in [-0.3, -0.25) is 9.10 Å². The van der Waals surface area contributed by atoms with Crippen LogP contribution in [0.1, 0.15) is 19.8 Å². The number of benzene rings is 1. The fourth-order valence-electron chi connectivity index (χ4n) is 2.90. The number of carbonyl (C=O) groups is 1. The summed E-state index contributed by atoms with van der Waals surface area (Å²) in [6.45, 7) is 3.29. The van der Waals surface area contributed by atoms with E-state index in [1.54, 1.807) is 0 Å². The molecule has 6 nitrogen and oxygen atoms in total. The summed E-state index contributed by atoms with van der Waals surface area (Å²) in [6.07, 6.45) is 2.67. The average Bonchev–Trinajstić information content (AvgIpc) is 2.48. The fraction of sp³-hybridized carbons (Fsp3) is 0.562. The van der Waals surface area contributed by atoms with Gasteiger partial charge in [0.1, 0.15) is 11.9 Å². The first-order valence-electron chi connectivity index (χ1n) is 7.92. The third kappa shape index (κ3) is 4.67. The van der Waals surface area contributed by atoms with Gasteiger partial charge >= 0.3 is 0 Å². The molecule has 1 aromatic rings. The first-order chi connectivity index (χ1) is 11.2. The average molecular weight is 357 g/mol. The minimum atomic E-state index is -3.73. The standard InChI is InChI=1S/C16H24FN3O3S/c1-12(16(21)18-14-7-9-19(2)10-8-14)20(24(3,22)23)15-6-4-5-13(17)11-15/h4-6,11-12,14H,7-10H2,1-3H3,(H,18,21)/t12-/m1/s1. The molecule has 1 aromatic carbocycles.